The van der Waals surface area contributed by atoms with Gasteiger partial charge < -0.3 is 5.32 Å². The molecule has 0 bridgehead atoms. The number of halogens is 1. The Hall–Kier alpha value is -2.63. The van der Waals surface area contributed by atoms with Crippen LogP contribution in [0, 0.1) is 6.92 Å². The van der Waals surface area contributed by atoms with Crippen LogP contribution in [0.1, 0.15) is 41.0 Å². The van der Waals surface area contributed by atoms with Crippen molar-refractivity contribution in [3.05, 3.63) is 88.2 Å². The summed E-state index contributed by atoms with van der Waals surface area (Å²) in [6.07, 6.45) is 0.878. The maximum Gasteiger partial charge on any atom is 0.256 e. The van der Waals surface area contributed by atoms with Crippen molar-refractivity contribution >= 4 is 17.5 Å². The Labute approximate surface area is 190 Å². The molecule has 0 saturated heterocycles. The van der Waals surface area contributed by atoms with Crippen molar-refractivity contribution in [2.24, 2.45) is 0 Å². The summed E-state index contributed by atoms with van der Waals surface area (Å²) in [4.78, 5) is 15.4. The van der Waals surface area contributed by atoms with Crippen molar-refractivity contribution in [1.29, 1.82) is 0 Å². The van der Waals surface area contributed by atoms with Gasteiger partial charge in [-0.05, 0) is 37.6 Å². The third kappa shape index (κ3) is 5.96. The molecule has 0 radical (unpaired) electrons. The molecule has 1 unspecified atom stereocenters. The molecule has 6 heteroatoms. The first kappa shape index (κ1) is 23.0. The van der Waals surface area contributed by atoms with Crippen LogP contribution in [0.5, 0.6) is 0 Å². The molecular formula is C25H31ClN4O. The van der Waals surface area contributed by atoms with Crippen molar-refractivity contribution in [3.63, 3.8) is 0 Å². The van der Waals surface area contributed by atoms with E-state index in [0.717, 1.165) is 25.1 Å². The van der Waals surface area contributed by atoms with E-state index in [1.807, 2.05) is 43.3 Å². The van der Waals surface area contributed by atoms with Gasteiger partial charge >= 0.3 is 0 Å². The van der Waals surface area contributed by atoms with Crippen molar-refractivity contribution in [1.82, 2.24) is 20.0 Å². The lowest BCUT2D eigenvalue weighted by molar-refractivity contribution is 0.0934. The molecule has 5 nitrogen and oxygen atoms in total. The van der Waals surface area contributed by atoms with E-state index >= 15 is 0 Å². The number of aromatic nitrogens is 2. The van der Waals surface area contributed by atoms with Gasteiger partial charge in [0.2, 0.25) is 0 Å². The van der Waals surface area contributed by atoms with Crippen molar-refractivity contribution < 1.29 is 4.79 Å². The van der Waals surface area contributed by atoms with Crippen LogP contribution in [0.25, 0.3) is 0 Å². The van der Waals surface area contributed by atoms with E-state index in [1.165, 1.54) is 5.56 Å². The topological polar surface area (TPSA) is 50.2 Å². The number of carbonyl (C=O) groups excluding carboxylic acids is 1. The molecule has 0 aliphatic carbocycles. The van der Waals surface area contributed by atoms with Crippen molar-refractivity contribution in [2.75, 3.05) is 19.6 Å². The molecule has 0 saturated carbocycles. The molecule has 1 atom stereocenters. The van der Waals surface area contributed by atoms with Crippen LogP contribution >= 0.6 is 11.6 Å². The molecule has 0 spiro atoms. The van der Waals surface area contributed by atoms with Gasteiger partial charge in [0, 0.05) is 12.6 Å². The molecule has 0 aliphatic rings. The molecule has 2 aromatic carbocycles. The average Bonchev–Trinajstić information content (AvgIpc) is 3.06. The van der Waals surface area contributed by atoms with Crippen molar-refractivity contribution in [2.45, 2.75) is 39.8 Å². The Kier molecular flexibility index (Phi) is 8.27. The minimum absolute atomic E-state index is 0.174. The first-order valence-electron chi connectivity index (χ1n) is 10.9. The second-order valence-corrected chi connectivity index (χ2v) is 8.03. The van der Waals surface area contributed by atoms with Crippen LogP contribution < -0.4 is 5.32 Å². The van der Waals surface area contributed by atoms with Gasteiger partial charge in [-0.1, -0.05) is 86.1 Å². The van der Waals surface area contributed by atoms with Gasteiger partial charge in [0.25, 0.3) is 5.91 Å². The molecule has 1 N–H and O–H groups in total. The van der Waals surface area contributed by atoms with Crippen LogP contribution in [-0.4, -0.2) is 46.3 Å². The summed E-state index contributed by atoms with van der Waals surface area (Å²) >= 11 is 6.57. The Balaban J connectivity index is 1.71. The molecule has 1 amide bonds. The Morgan fingerprint density at radius 1 is 1.03 bits per heavy atom. The Morgan fingerprint density at radius 2 is 1.61 bits per heavy atom. The highest BCUT2D eigenvalue weighted by Gasteiger charge is 2.23. The van der Waals surface area contributed by atoms with Gasteiger partial charge in [0.1, 0.15) is 5.15 Å². The third-order valence-corrected chi connectivity index (χ3v) is 5.99. The van der Waals surface area contributed by atoms with E-state index in [-0.39, 0.29) is 11.9 Å². The highest BCUT2D eigenvalue weighted by Crippen LogP contribution is 2.21. The highest BCUT2D eigenvalue weighted by atomic mass is 35.5. The van der Waals surface area contributed by atoms with Crippen LogP contribution in [-0.2, 0) is 13.0 Å². The summed E-state index contributed by atoms with van der Waals surface area (Å²) < 4.78 is 1.69. The zero-order chi connectivity index (χ0) is 22.2. The quantitative estimate of drug-likeness (QED) is 0.504. The molecule has 3 rings (SSSR count). The van der Waals surface area contributed by atoms with Gasteiger partial charge in [-0.2, -0.15) is 5.10 Å². The molecule has 1 aromatic heterocycles. The summed E-state index contributed by atoms with van der Waals surface area (Å²) in [5.74, 6) is -0.174. The van der Waals surface area contributed by atoms with Gasteiger partial charge in [-0.15, -0.1) is 0 Å². The lowest BCUT2D eigenvalue weighted by Gasteiger charge is -2.30. The summed E-state index contributed by atoms with van der Waals surface area (Å²) in [6.45, 7) is 9.07. The standard InChI is InChI=1S/C25H31ClN4O/c1-4-29(5-2)22(16-20-12-8-6-9-13-20)17-27-25(31)23-19(3)28-30(24(23)26)18-21-14-10-7-11-15-21/h6-15,22H,4-5,16-18H2,1-3H3,(H,27,31). The number of benzene rings is 2. The molecule has 0 aliphatic heterocycles. The normalized spacial score (nSPS) is 12.2. The number of nitrogens with one attached hydrogen (secondary N) is 1. The molecule has 31 heavy (non-hydrogen) atoms. The summed E-state index contributed by atoms with van der Waals surface area (Å²) in [6, 6.07) is 20.6. The minimum atomic E-state index is -0.174. The first-order valence-corrected chi connectivity index (χ1v) is 11.2. The van der Waals surface area contributed by atoms with E-state index in [9.17, 15) is 4.79 Å². The molecule has 0 fully saturated rings. The summed E-state index contributed by atoms with van der Waals surface area (Å²) in [5.41, 5.74) is 3.44. The van der Waals surface area contributed by atoms with Gasteiger partial charge in [-0.25, -0.2) is 4.68 Å². The maximum atomic E-state index is 13.0. The van der Waals surface area contributed by atoms with E-state index in [1.54, 1.807) is 4.68 Å². The number of aryl methyl sites for hydroxylation is 1. The van der Waals surface area contributed by atoms with Crippen LogP contribution in [0.2, 0.25) is 5.15 Å². The number of carbonyl (C=O) groups is 1. The number of hydrogen-bond donors (Lipinski definition) is 1. The molecule has 164 valence electrons. The second kappa shape index (κ2) is 11.1. The van der Waals surface area contributed by atoms with E-state index in [2.05, 4.69) is 53.4 Å². The van der Waals surface area contributed by atoms with E-state index in [0.29, 0.717) is 29.5 Å². The molecule has 1 heterocycles. The Bertz CT molecular complexity index is 968. The van der Waals surface area contributed by atoms with E-state index < -0.39 is 0 Å². The first-order chi connectivity index (χ1) is 15.0. The number of hydrogen-bond acceptors (Lipinski definition) is 3. The fraction of sp³-hybridized carbons (Fsp3) is 0.360. The van der Waals surface area contributed by atoms with Gasteiger partial charge in [-0.3, -0.25) is 9.69 Å². The number of nitrogens with zero attached hydrogens (tertiary/aromatic N) is 3. The number of rotatable bonds is 10. The number of likely N-dealkylation sites (N-methyl/N-ethyl adjacent to an activating group) is 1. The lowest BCUT2D eigenvalue weighted by atomic mass is 10.0. The average molecular weight is 439 g/mol. The zero-order valence-corrected chi connectivity index (χ0v) is 19.3. The summed E-state index contributed by atoms with van der Waals surface area (Å²) in [5, 5.41) is 7.99. The van der Waals surface area contributed by atoms with Crippen molar-refractivity contribution in [3.8, 4) is 0 Å². The van der Waals surface area contributed by atoms with Crippen LogP contribution in [0.15, 0.2) is 60.7 Å². The van der Waals surface area contributed by atoms with E-state index in [4.69, 9.17) is 11.6 Å². The monoisotopic (exact) mass is 438 g/mol. The zero-order valence-electron chi connectivity index (χ0n) is 18.5. The largest absolute Gasteiger partial charge is 0.350 e. The van der Waals surface area contributed by atoms with Crippen LogP contribution in [0.3, 0.4) is 0 Å². The SMILES string of the molecule is CCN(CC)C(CNC(=O)c1c(C)nn(Cc2ccccc2)c1Cl)Cc1ccccc1. The summed E-state index contributed by atoms with van der Waals surface area (Å²) in [7, 11) is 0. The molecular weight excluding hydrogens is 408 g/mol. The fourth-order valence-electron chi connectivity index (χ4n) is 3.93. The van der Waals surface area contributed by atoms with Gasteiger partial charge in [0.15, 0.2) is 0 Å². The predicted molar refractivity (Wildman–Crippen MR) is 127 cm³/mol. The predicted octanol–water partition coefficient (Wildman–Crippen LogP) is 4.58. The van der Waals surface area contributed by atoms with Crippen LogP contribution in [0.4, 0.5) is 0 Å². The fourth-order valence-corrected chi connectivity index (χ4v) is 4.25. The lowest BCUT2D eigenvalue weighted by Crippen LogP contribution is -2.45. The second-order valence-electron chi connectivity index (χ2n) is 7.67. The highest BCUT2D eigenvalue weighted by molar-refractivity contribution is 6.33. The smallest absolute Gasteiger partial charge is 0.256 e. The Morgan fingerprint density at radius 3 is 2.19 bits per heavy atom. The third-order valence-electron chi connectivity index (χ3n) is 5.61. The number of amides is 1. The van der Waals surface area contributed by atoms with Gasteiger partial charge in [0.05, 0.1) is 17.8 Å². The molecule has 3 aromatic rings. The maximum absolute atomic E-state index is 13.0. The minimum Gasteiger partial charge on any atom is -0.350 e.